The molecule has 0 spiro atoms. The molecule has 0 aliphatic rings. The van der Waals surface area contributed by atoms with Gasteiger partial charge in [0.05, 0.1) is 23.9 Å². The van der Waals surface area contributed by atoms with Crippen molar-refractivity contribution in [2.45, 2.75) is 6.61 Å². The summed E-state index contributed by atoms with van der Waals surface area (Å²) in [5.74, 6) is 0.735. The Morgan fingerprint density at radius 1 is 1.31 bits per heavy atom. The zero-order valence-electron chi connectivity index (χ0n) is 8.50. The van der Waals surface area contributed by atoms with Gasteiger partial charge in [-0.25, -0.2) is 4.98 Å². The fourth-order valence-corrected chi connectivity index (χ4v) is 1.74. The van der Waals surface area contributed by atoms with Gasteiger partial charge in [-0.15, -0.1) is 0 Å². The monoisotopic (exact) mass is 214 g/mol. The van der Waals surface area contributed by atoms with E-state index in [1.807, 2.05) is 34.9 Å². The molecule has 0 fully saturated rings. The van der Waals surface area contributed by atoms with Crippen LogP contribution in [0.2, 0.25) is 0 Å². The second-order valence-corrected chi connectivity index (χ2v) is 3.55. The van der Waals surface area contributed by atoms with Crippen molar-refractivity contribution in [2.75, 3.05) is 0 Å². The maximum Gasteiger partial charge on any atom is 0.204 e. The Labute approximate surface area is 91.8 Å². The van der Waals surface area contributed by atoms with Crippen molar-refractivity contribution in [1.82, 2.24) is 9.55 Å². The molecule has 1 aromatic carbocycles. The van der Waals surface area contributed by atoms with Crippen LogP contribution in [0.1, 0.15) is 5.56 Å². The van der Waals surface area contributed by atoms with Gasteiger partial charge in [0.1, 0.15) is 6.33 Å². The second kappa shape index (κ2) is 3.50. The van der Waals surface area contributed by atoms with Gasteiger partial charge in [-0.1, -0.05) is 6.07 Å². The van der Waals surface area contributed by atoms with Crippen molar-refractivity contribution in [3.8, 4) is 5.88 Å². The fourth-order valence-electron chi connectivity index (χ4n) is 1.74. The lowest BCUT2D eigenvalue weighted by Gasteiger charge is -1.99. The van der Waals surface area contributed by atoms with Gasteiger partial charge in [-0.05, 0) is 23.8 Å². The summed E-state index contributed by atoms with van der Waals surface area (Å²) < 4.78 is 7.19. The van der Waals surface area contributed by atoms with Crippen LogP contribution in [0, 0.1) is 0 Å². The smallest absolute Gasteiger partial charge is 0.204 e. The minimum Gasteiger partial charge on any atom is -0.448 e. The molecule has 0 bridgehead atoms. The van der Waals surface area contributed by atoms with Gasteiger partial charge < -0.3 is 9.52 Å². The number of fused-ring (bicyclic) bond motifs is 1. The quantitative estimate of drug-likeness (QED) is 0.710. The van der Waals surface area contributed by atoms with Gasteiger partial charge in [-0.3, -0.25) is 4.57 Å². The summed E-state index contributed by atoms with van der Waals surface area (Å²) in [5.41, 5.74) is 2.67. The van der Waals surface area contributed by atoms with Crippen molar-refractivity contribution < 1.29 is 9.52 Å². The highest BCUT2D eigenvalue weighted by Crippen LogP contribution is 2.19. The van der Waals surface area contributed by atoms with Crippen molar-refractivity contribution in [1.29, 1.82) is 0 Å². The Morgan fingerprint density at radius 3 is 3.00 bits per heavy atom. The van der Waals surface area contributed by atoms with Gasteiger partial charge >= 0.3 is 0 Å². The molecule has 0 unspecified atom stereocenters. The van der Waals surface area contributed by atoms with E-state index in [0.717, 1.165) is 22.5 Å². The normalized spacial score (nSPS) is 11.1. The van der Waals surface area contributed by atoms with Crippen molar-refractivity contribution in [3.63, 3.8) is 0 Å². The highest BCUT2D eigenvalue weighted by atomic mass is 16.3. The summed E-state index contributed by atoms with van der Waals surface area (Å²) in [6.07, 6.45) is 3.34. The molecule has 2 heterocycles. The number of aliphatic hydroxyl groups excluding tert-OH is 1. The number of aromatic nitrogens is 2. The number of furan rings is 1. The largest absolute Gasteiger partial charge is 0.448 e. The molecule has 3 aromatic rings. The highest BCUT2D eigenvalue weighted by Gasteiger charge is 2.06. The Balaban J connectivity index is 2.21. The molecule has 1 N–H and O–H groups in total. The molecule has 0 atom stereocenters. The topological polar surface area (TPSA) is 51.2 Å². The van der Waals surface area contributed by atoms with E-state index in [-0.39, 0.29) is 6.61 Å². The Morgan fingerprint density at radius 2 is 2.25 bits per heavy atom. The van der Waals surface area contributed by atoms with Crippen LogP contribution in [0.4, 0.5) is 0 Å². The molecule has 0 saturated heterocycles. The first-order valence-electron chi connectivity index (χ1n) is 4.99. The van der Waals surface area contributed by atoms with Crippen LogP contribution in [-0.4, -0.2) is 14.7 Å². The number of imidazole rings is 1. The van der Waals surface area contributed by atoms with Crippen LogP contribution in [-0.2, 0) is 6.61 Å². The lowest BCUT2D eigenvalue weighted by atomic mass is 10.2. The summed E-state index contributed by atoms with van der Waals surface area (Å²) in [6.45, 7) is 0.0313. The molecule has 80 valence electrons. The van der Waals surface area contributed by atoms with Gasteiger partial charge in [0.15, 0.2) is 0 Å². The molecule has 16 heavy (non-hydrogen) atoms. The van der Waals surface area contributed by atoms with Gasteiger partial charge in [-0.2, -0.15) is 0 Å². The van der Waals surface area contributed by atoms with Gasteiger partial charge in [0.25, 0.3) is 0 Å². The third-order valence-electron chi connectivity index (χ3n) is 2.54. The maximum absolute atomic E-state index is 9.03. The van der Waals surface area contributed by atoms with E-state index in [2.05, 4.69) is 4.98 Å². The van der Waals surface area contributed by atoms with Crippen LogP contribution in [0.15, 0.2) is 47.3 Å². The maximum atomic E-state index is 9.03. The summed E-state index contributed by atoms with van der Waals surface area (Å²) in [4.78, 5) is 4.28. The standard InChI is InChI=1S/C12H10N2O2/c15-7-9-3-4-11-10(6-9)13-8-14(11)12-2-1-5-16-12/h1-6,8,15H,7H2. The predicted molar refractivity (Wildman–Crippen MR) is 59.3 cm³/mol. The van der Waals surface area contributed by atoms with E-state index in [1.165, 1.54) is 0 Å². The molecule has 0 aliphatic carbocycles. The molecule has 0 amide bonds. The van der Waals surface area contributed by atoms with E-state index in [4.69, 9.17) is 9.52 Å². The third-order valence-corrected chi connectivity index (χ3v) is 2.54. The number of hydrogen-bond acceptors (Lipinski definition) is 3. The Hall–Kier alpha value is -2.07. The number of nitrogens with zero attached hydrogens (tertiary/aromatic N) is 2. The predicted octanol–water partition coefficient (Wildman–Crippen LogP) is 2.11. The number of aliphatic hydroxyl groups is 1. The van der Waals surface area contributed by atoms with Crippen LogP contribution < -0.4 is 0 Å². The molecular weight excluding hydrogens is 204 g/mol. The summed E-state index contributed by atoms with van der Waals surface area (Å²) in [6, 6.07) is 9.39. The molecule has 0 saturated carbocycles. The van der Waals surface area contributed by atoms with E-state index in [9.17, 15) is 0 Å². The summed E-state index contributed by atoms with van der Waals surface area (Å²) >= 11 is 0. The van der Waals surface area contributed by atoms with Crippen molar-refractivity contribution in [2.24, 2.45) is 0 Å². The zero-order valence-corrected chi connectivity index (χ0v) is 8.50. The molecule has 4 heteroatoms. The minimum atomic E-state index is 0.0313. The fraction of sp³-hybridized carbons (Fsp3) is 0.0833. The average molecular weight is 214 g/mol. The second-order valence-electron chi connectivity index (χ2n) is 3.55. The molecule has 2 aromatic heterocycles. The summed E-state index contributed by atoms with van der Waals surface area (Å²) in [7, 11) is 0. The minimum absolute atomic E-state index is 0.0313. The number of rotatable bonds is 2. The first kappa shape index (κ1) is 9.18. The Kier molecular flexibility index (Phi) is 2.01. The molecule has 3 rings (SSSR count). The van der Waals surface area contributed by atoms with Gasteiger partial charge in [0.2, 0.25) is 5.88 Å². The number of hydrogen-bond donors (Lipinski definition) is 1. The molecule has 0 radical (unpaired) electrons. The lowest BCUT2D eigenvalue weighted by Crippen LogP contribution is -1.89. The zero-order chi connectivity index (χ0) is 11.0. The van der Waals surface area contributed by atoms with Crippen LogP contribution in [0.5, 0.6) is 0 Å². The first-order chi connectivity index (χ1) is 7.88. The lowest BCUT2D eigenvalue weighted by molar-refractivity contribution is 0.282. The highest BCUT2D eigenvalue weighted by molar-refractivity contribution is 5.77. The Bertz CT molecular complexity index is 611. The van der Waals surface area contributed by atoms with Crippen molar-refractivity contribution >= 4 is 11.0 Å². The van der Waals surface area contributed by atoms with E-state index in [0.29, 0.717) is 0 Å². The van der Waals surface area contributed by atoms with Crippen LogP contribution >= 0.6 is 0 Å². The van der Waals surface area contributed by atoms with E-state index >= 15 is 0 Å². The van der Waals surface area contributed by atoms with Crippen LogP contribution in [0.25, 0.3) is 16.9 Å². The molecule has 0 aliphatic heterocycles. The average Bonchev–Trinajstić information content (AvgIpc) is 2.96. The van der Waals surface area contributed by atoms with Gasteiger partial charge in [0, 0.05) is 6.07 Å². The van der Waals surface area contributed by atoms with Crippen LogP contribution in [0.3, 0.4) is 0 Å². The molecular formula is C12H10N2O2. The summed E-state index contributed by atoms with van der Waals surface area (Å²) in [5, 5.41) is 9.03. The van der Waals surface area contributed by atoms with E-state index < -0.39 is 0 Å². The first-order valence-corrected chi connectivity index (χ1v) is 4.99. The third kappa shape index (κ3) is 1.31. The van der Waals surface area contributed by atoms with E-state index in [1.54, 1.807) is 12.6 Å². The molecule has 4 nitrogen and oxygen atoms in total. The number of benzene rings is 1. The SMILES string of the molecule is OCc1ccc2c(c1)ncn2-c1ccco1. The van der Waals surface area contributed by atoms with Crippen molar-refractivity contribution in [3.05, 3.63) is 48.5 Å².